The maximum Gasteiger partial charge on any atom is 0.227 e. The van der Waals surface area contributed by atoms with E-state index in [0.29, 0.717) is 16.3 Å². The van der Waals surface area contributed by atoms with Crippen molar-refractivity contribution in [2.75, 3.05) is 5.32 Å². The molecule has 1 saturated carbocycles. The van der Waals surface area contributed by atoms with Crippen molar-refractivity contribution < 1.29 is 4.79 Å². The summed E-state index contributed by atoms with van der Waals surface area (Å²) in [6.45, 7) is 0. The molecule has 0 heterocycles. The molecule has 1 aliphatic carbocycles. The number of thiocarbonyl (C=S) groups is 1. The number of rotatable bonds is 3. The van der Waals surface area contributed by atoms with E-state index in [0.717, 1.165) is 25.7 Å². The number of hydrogen-bond acceptors (Lipinski definition) is 2. The van der Waals surface area contributed by atoms with Crippen LogP contribution in [-0.2, 0) is 4.79 Å². The summed E-state index contributed by atoms with van der Waals surface area (Å²) in [6, 6.07) is 5.16. The van der Waals surface area contributed by atoms with Gasteiger partial charge in [0.1, 0.15) is 4.99 Å². The summed E-state index contributed by atoms with van der Waals surface area (Å²) >= 11 is 11.0. The van der Waals surface area contributed by atoms with Crippen molar-refractivity contribution in [2.45, 2.75) is 38.5 Å². The van der Waals surface area contributed by atoms with Gasteiger partial charge in [-0.1, -0.05) is 49.5 Å². The van der Waals surface area contributed by atoms with Crippen molar-refractivity contribution in [1.82, 2.24) is 0 Å². The topological polar surface area (TPSA) is 55.1 Å². The molecule has 0 saturated heterocycles. The minimum atomic E-state index is 0.0478. The number of benzene rings is 1. The van der Waals surface area contributed by atoms with Crippen molar-refractivity contribution in [3.05, 3.63) is 28.8 Å². The lowest BCUT2D eigenvalue weighted by Gasteiger charge is -2.16. The van der Waals surface area contributed by atoms with E-state index in [1.54, 1.807) is 18.2 Å². The number of nitrogens with two attached hydrogens (primary N) is 1. The van der Waals surface area contributed by atoms with Crippen LogP contribution in [0.15, 0.2) is 18.2 Å². The predicted octanol–water partition coefficient (Wildman–Crippen LogP) is 3.88. The van der Waals surface area contributed by atoms with Gasteiger partial charge in [-0.2, -0.15) is 0 Å². The highest BCUT2D eigenvalue weighted by atomic mass is 35.5. The number of carbonyl (C=O) groups is 1. The zero-order valence-electron chi connectivity index (χ0n) is 11.3. The Bertz CT molecular complexity index is 511. The summed E-state index contributed by atoms with van der Waals surface area (Å²) in [5.74, 6) is 0.127. The Kier molecular flexibility index (Phi) is 5.38. The SMILES string of the molecule is NC(=S)c1ccc(Cl)cc1NC(=O)C1CCCCCC1. The average Bonchev–Trinajstić information content (AvgIpc) is 2.67. The molecule has 1 amide bonds. The second-order valence-corrected chi connectivity index (χ2v) is 6.11. The summed E-state index contributed by atoms with van der Waals surface area (Å²) < 4.78 is 0. The van der Waals surface area contributed by atoms with E-state index in [1.807, 2.05) is 0 Å². The van der Waals surface area contributed by atoms with Gasteiger partial charge in [-0.15, -0.1) is 0 Å². The van der Waals surface area contributed by atoms with E-state index >= 15 is 0 Å². The molecule has 3 N–H and O–H groups in total. The van der Waals surface area contributed by atoms with Crippen molar-refractivity contribution in [3.8, 4) is 0 Å². The molecular formula is C15H19ClN2OS. The van der Waals surface area contributed by atoms with E-state index in [2.05, 4.69) is 5.32 Å². The smallest absolute Gasteiger partial charge is 0.227 e. The molecule has 0 atom stereocenters. The maximum absolute atomic E-state index is 12.4. The van der Waals surface area contributed by atoms with Crippen LogP contribution in [0.4, 0.5) is 5.69 Å². The lowest BCUT2D eigenvalue weighted by Crippen LogP contribution is -2.24. The number of carbonyl (C=O) groups excluding carboxylic acids is 1. The molecule has 1 fully saturated rings. The molecule has 108 valence electrons. The van der Waals surface area contributed by atoms with Crippen LogP contribution in [0.2, 0.25) is 5.02 Å². The third-order valence-corrected chi connectivity index (χ3v) is 4.19. The Labute approximate surface area is 129 Å². The quantitative estimate of drug-likeness (QED) is 0.658. The number of nitrogens with one attached hydrogen (secondary N) is 1. The minimum absolute atomic E-state index is 0.0478. The molecule has 1 aliphatic rings. The average molecular weight is 311 g/mol. The van der Waals surface area contributed by atoms with E-state index < -0.39 is 0 Å². The zero-order chi connectivity index (χ0) is 14.5. The summed E-state index contributed by atoms with van der Waals surface area (Å²) in [6.07, 6.45) is 6.59. The second-order valence-electron chi connectivity index (χ2n) is 5.23. The van der Waals surface area contributed by atoms with E-state index in [-0.39, 0.29) is 16.8 Å². The fraction of sp³-hybridized carbons (Fsp3) is 0.467. The van der Waals surface area contributed by atoms with E-state index in [1.165, 1.54) is 12.8 Å². The maximum atomic E-state index is 12.4. The van der Waals surface area contributed by atoms with Gasteiger partial charge in [0.25, 0.3) is 0 Å². The van der Waals surface area contributed by atoms with Crippen LogP contribution in [-0.4, -0.2) is 10.9 Å². The number of hydrogen-bond donors (Lipinski definition) is 2. The fourth-order valence-electron chi connectivity index (χ4n) is 2.61. The van der Waals surface area contributed by atoms with Gasteiger partial charge in [-0.3, -0.25) is 4.79 Å². The first kappa shape index (κ1) is 15.3. The highest BCUT2D eigenvalue weighted by Gasteiger charge is 2.21. The van der Waals surface area contributed by atoms with Gasteiger partial charge in [0.15, 0.2) is 0 Å². The third-order valence-electron chi connectivity index (χ3n) is 3.73. The zero-order valence-corrected chi connectivity index (χ0v) is 12.9. The van der Waals surface area contributed by atoms with Gasteiger partial charge >= 0.3 is 0 Å². The van der Waals surface area contributed by atoms with Crippen LogP contribution in [0, 0.1) is 5.92 Å². The van der Waals surface area contributed by atoms with Gasteiger partial charge in [0.05, 0.1) is 5.69 Å². The summed E-state index contributed by atoms with van der Waals surface area (Å²) in [4.78, 5) is 12.6. The molecule has 3 nitrogen and oxygen atoms in total. The fourth-order valence-corrected chi connectivity index (χ4v) is 2.96. The second kappa shape index (κ2) is 7.04. The molecule has 20 heavy (non-hydrogen) atoms. The molecule has 1 aromatic rings. The Balaban J connectivity index is 2.14. The van der Waals surface area contributed by atoms with E-state index in [9.17, 15) is 4.79 Å². The van der Waals surface area contributed by atoms with Gasteiger partial charge in [-0.25, -0.2) is 0 Å². The standard InChI is InChI=1S/C15H19ClN2OS/c16-11-7-8-12(14(17)20)13(9-11)18-15(19)10-5-3-1-2-4-6-10/h7-10H,1-6H2,(H2,17,20)(H,18,19). The highest BCUT2D eigenvalue weighted by molar-refractivity contribution is 7.80. The van der Waals surface area contributed by atoms with Gasteiger partial charge in [0.2, 0.25) is 5.91 Å². The van der Waals surface area contributed by atoms with Crippen molar-refractivity contribution in [1.29, 1.82) is 0 Å². The van der Waals surface area contributed by atoms with Crippen LogP contribution in [0.25, 0.3) is 0 Å². The normalized spacial score (nSPS) is 16.4. The monoisotopic (exact) mass is 310 g/mol. The largest absolute Gasteiger partial charge is 0.389 e. The molecule has 5 heteroatoms. The van der Waals surface area contributed by atoms with Crippen molar-refractivity contribution in [2.24, 2.45) is 11.7 Å². The van der Waals surface area contributed by atoms with Gasteiger partial charge in [0, 0.05) is 16.5 Å². The van der Waals surface area contributed by atoms with Crippen LogP contribution >= 0.6 is 23.8 Å². The van der Waals surface area contributed by atoms with Crippen LogP contribution in [0.5, 0.6) is 0 Å². The third kappa shape index (κ3) is 3.93. The molecule has 0 aromatic heterocycles. The minimum Gasteiger partial charge on any atom is -0.389 e. The summed E-state index contributed by atoms with van der Waals surface area (Å²) in [5.41, 5.74) is 6.95. The molecular weight excluding hydrogens is 292 g/mol. The molecule has 0 spiro atoms. The van der Waals surface area contributed by atoms with Gasteiger partial charge in [-0.05, 0) is 31.0 Å². The number of anilines is 1. The Morgan fingerprint density at radius 2 is 1.90 bits per heavy atom. The van der Waals surface area contributed by atoms with Crippen LogP contribution in [0.1, 0.15) is 44.1 Å². The first-order valence-electron chi connectivity index (χ1n) is 6.98. The molecule has 1 aromatic carbocycles. The lowest BCUT2D eigenvalue weighted by molar-refractivity contribution is -0.120. The molecule has 0 radical (unpaired) electrons. The first-order valence-corrected chi connectivity index (χ1v) is 7.77. The van der Waals surface area contributed by atoms with Crippen molar-refractivity contribution in [3.63, 3.8) is 0 Å². The van der Waals surface area contributed by atoms with Crippen LogP contribution < -0.4 is 11.1 Å². The molecule has 0 aliphatic heterocycles. The Morgan fingerprint density at radius 3 is 2.50 bits per heavy atom. The lowest BCUT2D eigenvalue weighted by atomic mass is 9.99. The molecule has 0 unspecified atom stereocenters. The van der Waals surface area contributed by atoms with Gasteiger partial charge < -0.3 is 11.1 Å². The Hall–Kier alpha value is -1.13. The van der Waals surface area contributed by atoms with E-state index in [4.69, 9.17) is 29.6 Å². The summed E-state index contributed by atoms with van der Waals surface area (Å²) in [7, 11) is 0. The Morgan fingerprint density at radius 1 is 1.25 bits per heavy atom. The summed E-state index contributed by atoms with van der Waals surface area (Å²) in [5, 5.41) is 3.50. The number of halogens is 1. The number of amides is 1. The van der Waals surface area contributed by atoms with Crippen molar-refractivity contribution >= 4 is 40.4 Å². The predicted molar refractivity (Wildman–Crippen MR) is 87.2 cm³/mol. The highest BCUT2D eigenvalue weighted by Crippen LogP contribution is 2.26. The van der Waals surface area contributed by atoms with Crippen LogP contribution in [0.3, 0.4) is 0 Å². The molecule has 0 bridgehead atoms. The molecule has 2 rings (SSSR count). The first-order chi connectivity index (χ1) is 9.58.